The fraction of sp³-hybridized carbons (Fsp3) is 0.294. The lowest BCUT2D eigenvalue weighted by Crippen LogP contribution is -2.40. The number of para-hydroxylation sites is 2. The van der Waals surface area contributed by atoms with Crippen molar-refractivity contribution in [2.45, 2.75) is 16.4 Å². The van der Waals surface area contributed by atoms with Gasteiger partial charge in [-0.3, -0.25) is 4.72 Å². The third kappa shape index (κ3) is 5.01. The predicted octanol–water partition coefficient (Wildman–Crippen LogP) is 2.11. The van der Waals surface area contributed by atoms with E-state index in [1.54, 1.807) is 0 Å². The van der Waals surface area contributed by atoms with Crippen molar-refractivity contribution in [1.82, 2.24) is 4.31 Å². The molecule has 1 heterocycles. The number of rotatable bonds is 7. The number of nitrogens with zero attached hydrogens (tertiary/aromatic N) is 1. The Kier molecular flexibility index (Phi) is 6.36. The average molecular weight is 448 g/mol. The SMILES string of the molecule is O=S(=O)(Nc1ccccc1OC(F)F)c1ccc(S(=O)(=O)N2CCOCC2)cc1. The summed E-state index contributed by atoms with van der Waals surface area (Å²) in [7, 11) is -7.93. The van der Waals surface area contributed by atoms with Gasteiger partial charge in [0.2, 0.25) is 10.0 Å². The van der Waals surface area contributed by atoms with Gasteiger partial charge in [0.15, 0.2) is 0 Å². The first-order chi connectivity index (χ1) is 13.7. The molecule has 1 fully saturated rings. The van der Waals surface area contributed by atoms with E-state index in [0.717, 1.165) is 12.1 Å². The zero-order valence-electron chi connectivity index (χ0n) is 15.0. The summed E-state index contributed by atoms with van der Waals surface area (Å²) in [6, 6.07) is 9.96. The van der Waals surface area contributed by atoms with Gasteiger partial charge in [-0.2, -0.15) is 13.1 Å². The number of ether oxygens (including phenoxy) is 2. The molecule has 2 aromatic carbocycles. The van der Waals surface area contributed by atoms with Crippen molar-refractivity contribution in [2.24, 2.45) is 0 Å². The van der Waals surface area contributed by atoms with Gasteiger partial charge in [-0.25, -0.2) is 16.8 Å². The molecule has 1 saturated heterocycles. The number of halogens is 2. The molecule has 12 heteroatoms. The maximum absolute atomic E-state index is 12.6. The quantitative estimate of drug-likeness (QED) is 0.696. The monoisotopic (exact) mass is 448 g/mol. The summed E-state index contributed by atoms with van der Waals surface area (Å²) in [5.41, 5.74) is -0.169. The Hall–Kier alpha value is -2.28. The molecule has 1 aliphatic heterocycles. The molecule has 158 valence electrons. The Morgan fingerprint density at radius 2 is 1.52 bits per heavy atom. The Labute approximate surface area is 167 Å². The molecular formula is C17H18F2N2O6S2. The van der Waals surface area contributed by atoms with Crippen molar-refractivity contribution in [3.05, 3.63) is 48.5 Å². The van der Waals surface area contributed by atoms with E-state index in [9.17, 15) is 25.6 Å². The smallest absolute Gasteiger partial charge is 0.387 e. The second-order valence-corrected chi connectivity index (χ2v) is 9.59. The van der Waals surface area contributed by atoms with E-state index < -0.39 is 26.7 Å². The van der Waals surface area contributed by atoms with Crippen LogP contribution in [0.3, 0.4) is 0 Å². The van der Waals surface area contributed by atoms with E-state index in [4.69, 9.17) is 4.74 Å². The van der Waals surface area contributed by atoms with Crippen LogP contribution in [0.25, 0.3) is 0 Å². The molecule has 0 unspecified atom stereocenters. The third-order valence-electron chi connectivity index (χ3n) is 4.09. The van der Waals surface area contributed by atoms with Crippen molar-refractivity contribution in [1.29, 1.82) is 0 Å². The van der Waals surface area contributed by atoms with E-state index in [-0.39, 0.29) is 47.5 Å². The van der Waals surface area contributed by atoms with Crippen molar-refractivity contribution >= 4 is 25.7 Å². The van der Waals surface area contributed by atoms with E-state index in [1.807, 2.05) is 0 Å². The highest BCUT2D eigenvalue weighted by Gasteiger charge is 2.27. The number of hydrogen-bond donors (Lipinski definition) is 1. The first-order valence-electron chi connectivity index (χ1n) is 8.45. The second-order valence-electron chi connectivity index (χ2n) is 5.97. The maximum atomic E-state index is 12.6. The Morgan fingerprint density at radius 1 is 0.931 bits per heavy atom. The van der Waals surface area contributed by atoms with Crippen molar-refractivity contribution in [3.8, 4) is 5.75 Å². The van der Waals surface area contributed by atoms with Crippen LogP contribution in [0.4, 0.5) is 14.5 Å². The normalized spacial score (nSPS) is 16.0. The number of nitrogens with one attached hydrogen (secondary N) is 1. The van der Waals surface area contributed by atoms with Crippen LogP contribution >= 0.6 is 0 Å². The van der Waals surface area contributed by atoms with Gasteiger partial charge in [-0.1, -0.05) is 12.1 Å². The standard InChI is InChI=1S/C17H18F2N2O6S2/c18-17(19)27-16-4-2-1-3-15(16)20-28(22,23)13-5-7-14(8-6-13)29(24,25)21-9-11-26-12-10-21/h1-8,17,20H,9-12H2. The van der Waals surface area contributed by atoms with E-state index in [0.29, 0.717) is 0 Å². The van der Waals surface area contributed by atoms with Gasteiger partial charge in [0, 0.05) is 13.1 Å². The molecule has 0 radical (unpaired) electrons. The molecule has 0 atom stereocenters. The third-order valence-corrected chi connectivity index (χ3v) is 7.38. The largest absolute Gasteiger partial charge is 0.433 e. The molecule has 29 heavy (non-hydrogen) atoms. The van der Waals surface area contributed by atoms with Crippen LogP contribution < -0.4 is 9.46 Å². The number of sulfonamides is 2. The minimum absolute atomic E-state index is 0.0558. The van der Waals surface area contributed by atoms with Crippen LogP contribution in [-0.2, 0) is 24.8 Å². The zero-order chi connectivity index (χ0) is 21.1. The lowest BCUT2D eigenvalue weighted by molar-refractivity contribution is -0.0493. The number of anilines is 1. The number of morpholine rings is 1. The summed E-state index contributed by atoms with van der Waals surface area (Å²) < 4.78 is 88.2. The molecule has 0 amide bonds. The highest BCUT2D eigenvalue weighted by atomic mass is 32.2. The van der Waals surface area contributed by atoms with Gasteiger partial charge in [-0.15, -0.1) is 0 Å². The fourth-order valence-corrected chi connectivity index (χ4v) is 5.16. The van der Waals surface area contributed by atoms with Crippen LogP contribution in [0.1, 0.15) is 0 Å². The molecule has 8 nitrogen and oxygen atoms in total. The number of hydrogen-bond acceptors (Lipinski definition) is 6. The van der Waals surface area contributed by atoms with Crippen molar-refractivity contribution in [2.75, 3.05) is 31.0 Å². The molecule has 0 aliphatic carbocycles. The van der Waals surface area contributed by atoms with Crippen LogP contribution in [0.2, 0.25) is 0 Å². The van der Waals surface area contributed by atoms with Gasteiger partial charge >= 0.3 is 6.61 Å². The van der Waals surface area contributed by atoms with Gasteiger partial charge in [-0.05, 0) is 36.4 Å². The molecule has 0 saturated carbocycles. The van der Waals surface area contributed by atoms with Crippen LogP contribution in [0.5, 0.6) is 5.75 Å². The average Bonchev–Trinajstić information content (AvgIpc) is 2.70. The molecule has 0 spiro atoms. The maximum Gasteiger partial charge on any atom is 0.387 e. The van der Waals surface area contributed by atoms with Crippen LogP contribution in [-0.4, -0.2) is 54.1 Å². The summed E-state index contributed by atoms with van der Waals surface area (Å²) in [6.07, 6.45) is 0. The Morgan fingerprint density at radius 3 is 2.14 bits per heavy atom. The van der Waals surface area contributed by atoms with Gasteiger partial charge in [0.25, 0.3) is 10.0 Å². The van der Waals surface area contributed by atoms with E-state index in [1.165, 1.54) is 40.7 Å². The molecular weight excluding hydrogens is 430 g/mol. The summed E-state index contributed by atoms with van der Waals surface area (Å²) in [5.74, 6) is -0.336. The predicted molar refractivity (Wildman–Crippen MR) is 99.9 cm³/mol. The van der Waals surface area contributed by atoms with Crippen molar-refractivity contribution in [3.63, 3.8) is 0 Å². The molecule has 1 N–H and O–H groups in total. The number of alkyl halides is 2. The lowest BCUT2D eigenvalue weighted by atomic mass is 10.3. The summed E-state index contributed by atoms with van der Waals surface area (Å²) >= 11 is 0. The molecule has 2 aromatic rings. The van der Waals surface area contributed by atoms with Gasteiger partial charge in [0.05, 0.1) is 28.7 Å². The number of benzene rings is 2. The van der Waals surface area contributed by atoms with Crippen molar-refractivity contribution < 1.29 is 35.1 Å². The molecule has 0 aromatic heterocycles. The van der Waals surface area contributed by atoms with Crippen LogP contribution in [0, 0.1) is 0 Å². The highest BCUT2D eigenvalue weighted by molar-refractivity contribution is 7.92. The van der Waals surface area contributed by atoms with E-state index >= 15 is 0 Å². The summed E-state index contributed by atoms with van der Waals surface area (Å²) in [4.78, 5) is -0.287. The lowest BCUT2D eigenvalue weighted by Gasteiger charge is -2.26. The summed E-state index contributed by atoms with van der Waals surface area (Å²) in [5, 5.41) is 0. The first kappa shape index (κ1) is 21.4. The molecule has 1 aliphatic rings. The fourth-order valence-electron chi connectivity index (χ4n) is 2.68. The van der Waals surface area contributed by atoms with Crippen LogP contribution in [0.15, 0.2) is 58.3 Å². The first-order valence-corrected chi connectivity index (χ1v) is 11.4. The second kappa shape index (κ2) is 8.61. The zero-order valence-corrected chi connectivity index (χ0v) is 16.6. The summed E-state index contributed by atoms with van der Waals surface area (Å²) in [6.45, 7) is -2.12. The van der Waals surface area contributed by atoms with E-state index in [2.05, 4.69) is 9.46 Å². The minimum atomic E-state index is -4.16. The Bertz CT molecular complexity index is 1050. The minimum Gasteiger partial charge on any atom is -0.433 e. The van der Waals surface area contributed by atoms with Gasteiger partial charge < -0.3 is 9.47 Å². The topological polar surface area (TPSA) is 102 Å². The molecule has 0 bridgehead atoms. The molecule has 3 rings (SSSR count). The highest BCUT2D eigenvalue weighted by Crippen LogP contribution is 2.28. The Balaban J connectivity index is 1.82. The van der Waals surface area contributed by atoms with Gasteiger partial charge in [0.1, 0.15) is 5.75 Å².